The standard InChI is InChI=1S/C19H16ClN3O3/c20-15-5-3-6-16(12-15)23-9-8-18(21-23)26-13-14-4-1-2-7-17(14)22-10-11-25-19(22)24/h1-12,18,21H,13H2. The lowest BCUT2D eigenvalue weighted by atomic mass is 10.2. The Morgan fingerprint density at radius 2 is 2.08 bits per heavy atom. The van der Waals surface area contributed by atoms with Crippen LogP contribution in [-0.4, -0.2) is 10.8 Å². The second-order valence-electron chi connectivity index (χ2n) is 5.72. The van der Waals surface area contributed by atoms with Gasteiger partial charge in [-0.3, -0.25) is 5.01 Å². The number of nitrogens with zero attached hydrogens (tertiary/aromatic N) is 2. The molecule has 4 rings (SSSR count). The lowest BCUT2D eigenvalue weighted by Crippen LogP contribution is -2.36. The number of nitrogens with one attached hydrogen (secondary N) is 1. The fraction of sp³-hybridized carbons (Fsp3) is 0.105. The first kappa shape index (κ1) is 16.7. The minimum absolute atomic E-state index is 0.289. The molecule has 1 aromatic heterocycles. The zero-order chi connectivity index (χ0) is 17.9. The van der Waals surface area contributed by atoms with E-state index in [-0.39, 0.29) is 6.23 Å². The molecule has 0 saturated heterocycles. The SMILES string of the molecule is O=c1occn1-c1ccccc1COC1C=CN(c2cccc(Cl)c2)N1. The monoisotopic (exact) mass is 369 g/mol. The van der Waals surface area contributed by atoms with Crippen molar-refractivity contribution in [3.8, 4) is 5.69 Å². The van der Waals surface area contributed by atoms with E-state index in [0.29, 0.717) is 11.6 Å². The highest BCUT2D eigenvalue weighted by atomic mass is 35.5. The van der Waals surface area contributed by atoms with Gasteiger partial charge < -0.3 is 9.15 Å². The summed E-state index contributed by atoms with van der Waals surface area (Å²) in [7, 11) is 0. The molecule has 0 bridgehead atoms. The molecule has 2 heterocycles. The number of ether oxygens (including phenoxy) is 1. The van der Waals surface area contributed by atoms with Gasteiger partial charge >= 0.3 is 5.76 Å². The second-order valence-corrected chi connectivity index (χ2v) is 6.16. The predicted octanol–water partition coefficient (Wildman–Crippen LogP) is 3.47. The summed E-state index contributed by atoms with van der Waals surface area (Å²) in [4.78, 5) is 11.8. The lowest BCUT2D eigenvalue weighted by molar-refractivity contribution is 0.0556. The first-order chi connectivity index (χ1) is 12.7. The highest BCUT2D eigenvalue weighted by Gasteiger charge is 2.18. The largest absolute Gasteiger partial charge is 0.423 e. The van der Waals surface area contributed by atoms with E-state index in [1.54, 1.807) is 6.20 Å². The summed E-state index contributed by atoms with van der Waals surface area (Å²) in [5, 5.41) is 2.52. The molecule has 132 valence electrons. The molecule has 1 unspecified atom stereocenters. The van der Waals surface area contributed by atoms with E-state index < -0.39 is 5.76 Å². The van der Waals surface area contributed by atoms with E-state index >= 15 is 0 Å². The van der Waals surface area contributed by atoms with E-state index in [1.165, 1.54) is 10.8 Å². The Bertz CT molecular complexity index is 995. The molecule has 0 saturated carbocycles. The Morgan fingerprint density at radius 1 is 1.19 bits per heavy atom. The van der Waals surface area contributed by atoms with Crippen LogP contribution in [0.2, 0.25) is 5.02 Å². The second kappa shape index (κ2) is 7.21. The molecular weight excluding hydrogens is 354 g/mol. The summed E-state index contributed by atoms with van der Waals surface area (Å²) in [5.74, 6) is -0.427. The van der Waals surface area contributed by atoms with Gasteiger partial charge in [0.1, 0.15) is 12.5 Å². The van der Waals surface area contributed by atoms with Crippen LogP contribution in [0, 0.1) is 0 Å². The van der Waals surface area contributed by atoms with E-state index in [1.807, 2.05) is 65.8 Å². The molecule has 0 amide bonds. The van der Waals surface area contributed by atoms with Crippen LogP contribution in [0.1, 0.15) is 5.56 Å². The molecule has 3 aromatic rings. The minimum atomic E-state index is -0.427. The number of hydrogen-bond donors (Lipinski definition) is 1. The number of para-hydroxylation sites is 1. The topological polar surface area (TPSA) is 59.6 Å². The number of oxazole rings is 1. The molecule has 0 aliphatic carbocycles. The van der Waals surface area contributed by atoms with Crippen LogP contribution in [0.15, 0.2) is 82.5 Å². The van der Waals surface area contributed by atoms with Gasteiger partial charge in [0.25, 0.3) is 0 Å². The first-order valence-corrected chi connectivity index (χ1v) is 8.44. The van der Waals surface area contributed by atoms with Crippen LogP contribution in [0.4, 0.5) is 5.69 Å². The Hall–Kier alpha value is -2.80. The zero-order valence-corrected chi connectivity index (χ0v) is 14.5. The maximum atomic E-state index is 11.8. The van der Waals surface area contributed by atoms with Crippen LogP contribution in [0.25, 0.3) is 5.69 Å². The summed E-state index contributed by atoms with van der Waals surface area (Å²) >= 11 is 6.03. The van der Waals surface area contributed by atoms with Gasteiger partial charge in [-0.05, 0) is 30.3 Å². The van der Waals surface area contributed by atoms with E-state index in [4.69, 9.17) is 20.8 Å². The number of anilines is 1. The van der Waals surface area contributed by atoms with Crippen molar-refractivity contribution >= 4 is 17.3 Å². The van der Waals surface area contributed by atoms with Crippen molar-refractivity contribution in [3.63, 3.8) is 0 Å². The van der Waals surface area contributed by atoms with E-state index in [9.17, 15) is 4.79 Å². The van der Waals surface area contributed by atoms with Crippen LogP contribution < -0.4 is 16.2 Å². The molecule has 7 heteroatoms. The quantitative estimate of drug-likeness (QED) is 0.746. The Balaban J connectivity index is 1.44. The van der Waals surface area contributed by atoms with Crippen molar-refractivity contribution in [1.29, 1.82) is 0 Å². The smallest absolute Gasteiger partial charge is 0.416 e. The summed E-state index contributed by atoms with van der Waals surface area (Å²) in [6.45, 7) is 0.333. The number of hydrazine groups is 1. The van der Waals surface area contributed by atoms with Crippen molar-refractivity contribution in [1.82, 2.24) is 9.99 Å². The zero-order valence-electron chi connectivity index (χ0n) is 13.7. The van der Waals surface area contributed by atoms with Crippen LogP contribution in [0.3, 0.4) is 0 Å². The highest BCUT2D eigenvalue weighted by Crippen LogP contribution is 2.22. The molecule has 2 aromatic carbocycles. The molecule has 1 N–H and O–H groups in total. The van der Waals surface area contributed by atoms with E-state index in [2.05, 4.69) is 5.43 Å². The van der Waals surface area contributed by atoms with Gasteiger partial charge in [-0.2, -0.15) is 5.43 Å². The van der Waals surface area contributed by atoms with Gasteiger partial charge in [-0.1, -0.05) is 35.9 Å². The highest BCUT2D eigenvalue weighted by molar-refractivity contribution is 6.30. The predicted molar refractivity (Wildman–Crippen MR) is 99.1 cm³/mol. The molecule has 1 aliphatic rings. The van der Waals surface area contributed by atoms with Gasteiger partial charge in [0, 0.05) is 16.8 Å². The molecule has 0 radical (unpaired) electrons. The first-order valence-electron chi connectivity index (χ1n) is 8.06. The third-order valence-electron chi connectivity index (χ3n) is 4.01. The van der Waals surface area contributed by atoms with E-state index in [0.717, 1.165) is 16.9 Å². The molecule has 0 fully saturated rings. The number of rotatable bonds is 5. The maximum Gasteiger partial charge on any atom is 0.423 e. The molecule has 1 aliphatic heterocycles. The summed E-state index contributed by atoms with van der Waals surface area (Å²) < 4.78 is 12.2. The van der Waals surface area contributed by atoms with Crippen molar-refractivity contribution in [2.45, 2.75) is 12.8 Å². The van der Waals surface area contributed by atoms with Crippen molar-refractivity contribution in [3.05, 3.63) is 94.4 Å². The van der Waals surface area contributed by atoms with Crippen LogP contribution in [0.5, 0.6) is 0 Å². The average molecular weight is 370 g/mol. The fourth-order valence-corrected chi connectivity index (χ4v) is 2.94. The number of halogens is 1. The van der Waals surface area contributed by atoms with Crippen LogP contribution >= 0.6 is 11.6 Å². The minimum Gasteiger partial charge on any atom is -0.416 e. The fourth-order valence-electron chi connectivity index (χ4n) is 2.76. The molecule has 6 nitrogen and oxygen atoms in total. The molecule has 26 heavy (non-hydrogen) atoms. The third kappa shape index (κ3) is 3.43. The Labute approximate surface area is 154 Å². The van der Waals surface area contributed by atoms with Crippen molar-refractivity contribution in [2.24, 2.45) is 0 Å². The summed E-state index contributed by atoms with van der Waals surface area (Å²) in [5.41, 5.74) is 5.76. The number of hydrogen-bond acceptors (Lipinski definition) is 5. The normalized spacial score (nSPS) is 16.3. The molecular formula is C19H16ClN3O3. The lowest BCUT2D eigenvalue weighted by Gasteiger charge is -2.20. The molecule has 0 spiro atoms. The maximum absolute atomic E-state index is 11.8. The average Bonchev–Trinajstić information content (AvgIpc) is 3.29. The molecule has 1 atom stereocenters. The van der Waals surface area contributed by atoms with Gasteiger partial charge in [0.2, 0.25) is 0 Å². The number of benzene rings is 2. The number of aromatic nitrogens is 1. The summed E-state index contributed by atoms with van der Waals surface area (Å²) in [6, 6.07) is 15.1. The Morgan fingerprint density at radius 3 is 2.88 bits per heavy atom. The van der Waals surface area contributed by atoms with Gasteiger partial charge in [-0.25, -0.2) is 9.36 Å². The van der Waals surface area contributed by atoms with Crippen molar-refractivity contribution in [2.75, 3.05) is 5.01 Å². The van der Waals surface area contributed by atoms with Gasteiger partial charge in [0.15, 0.2) is 0 Å². The van der Waals surface area contributed by atoms with Crippen molar-refractivity contribution < 1.29 is 9.15 Å². The summed E-state index contributed by atoms with van der Waals surface area (Å²) in [6.07, 6.45) is 6.47. The van der Waals surface area contributed by atoms with Gasteiger partial charge in [0.05, 0.1) is 24.2 Å². The Kier molecular flexibility index (Phi) is 4.62. The third-order valence-corrected chi connectivity index (χ3v) is 4.24. The van der Waals surface area contributed by atoms with Crippen LogP contribution in [-0.2, 0) is 11.3 Å². The van der Waals surface area contributed by atoms with Gasteiger partial charge in [-0.15, -0.1) is 0 Å².